The number of fused-ring (bicyclic) bond motifs is 20. The Morgan fingerprint density at radius 3 is 0.611 bits per heavy atom. The molecular formula is C48H42Li8N8S8. The molecule has 9 rings (SSSR count). The zero-order valence-corrected chi connectivity index (χ0v) is 51.1. The second kappa shape index (κ2) is 28.3. The number of H-pyrrole nitrogens is 2. The van der Waals surface area contributed by atoms with Crippen LogP contribution < -0.4 is 151 Å². The summed E-state index contributed by atoms with van der Waals surface area (Å²) in [4.78, 5) is 45.0. The minimum Gasteiger partial charge on any atom is -0.781 e. The smallest absolute Gasteiger partial charge is 0.781 e. The van der Waals surface area contributed by atoms with Crippen molar-refractivity contribution in [2.24, 2.45) is 0 Å². The molecule has 2 N–H and O–H groups in total. The Hall–Kier alpha value is 0.779. The summed E-state index contributed by atoms with van der Waals surface area (Å²) in [5, 5.41) is 3.44. The Balaban J connectivity index is 0.00000324. The molecule has 0 atom stereocenters. The van der Waals surface area contributed by atoms with Crippen molar-refractivity contribution in [2.75, 3.05) is 0 Å². The second-order valence-corrected chi connectivity index (χ2v) is 19.2. The van der Waals surface area contributed by atoms with Crippen LogP contribution in [0.2, 0.25) is 0 Å². The Bertz CT molecular complexity index is 3190. The number of rotatable bonds is 8. The Kier molecular flexibility index (Phi) is 27.8. The zero-order chi connectivity index (χ0) is 45.8. The van der Waals surface area contributed by atoms with Crippen molar-refractivity contribution in [3.05, 3.63) is 44.5 Å². The first-order valence-corrected chi connectivity index (χ1v) is 25.1. The van der Waals surface area contributed by atoms with Gasteiger partial charge in [-0.2, -0.15) is 39.2 Å². The van der Waals surface area contributed by atoms with Gasteiger partial charge in [-0.25, -0.2) is 29.9 Å². The van der Waals surface area contributed by atoms with E-state index in [1.54, 1.807) is 0 Å². The second-order valence-electron chi connectivity index (χ2n) is 15.9. The van der Waals surface area contributed by atoms with Crippen LogP contribution in [-0.4, -0.2) is 39.9 Å². The predicted octanol–water partition coefficient (Wildman–Crippen LogP) is -13.4. The van der Waals surface area contributed by atoms with Gasteiger partial charge in [0.15, 0.2) is 23.3 Å². The van der Waals surface area contributed by atoms with Crippen LogP contribution in [0.15, 0.2) is 39.2 Å². The summed E-state index contributed by atoms with van der Waals surface area (Å²) < 4.78 is 0. The number of aromatic amines is 2. The molecule has 4 aromatic carbocycles. The minimum absolute atomic E-state index is 0. The molecule has 2 aliphatic rings. The van der Waals surface area contributed by atoms with Crippen molar-refractivity contribution in [1.82, 2.24) is 39.9 Å². The molecule has 0 amide bonds. The van der Waals surface area contributed by atoms with Crippen LogP contribution in [0.4, 0.5) is 0 Å². The van der Waals surface area contributed by atoms with E-state index in [2.05, 4.69) is 65.4 Å². The molecule has 3 aromatic heterocycles. The quantitative estimate of drug-likeness (QED) is 0.111. The van der Waals surface area contributed by atoms with Gasteiger partial charge in [-0.05, 0) is 51.4 Å². The van der Waals surface area contributed by atoms with Crippen molar-refractivity contribution in [2.45, 2.75) is 146 Å². The third-order valence-electron chi connectivity index (χ3n) is 12.9. The van der Waals surface area contributed by atoms with Gasteiger partial charge in [-0.3, -0.25) is 0 Å². The van der Waals surface area contributed by atoms with Crippen LogP contribution >= 0.6 is 0 Å². The number of aryl methyl sites for hydroxylation is 4. The topological polar surface area (TPSA) is 109 Å². The summed E-state index contributed by atoms with van der Waals surface area (Å²) in [5.74, 6) is 1.80. The third kappa shape index (κ3) is 11.0. The number of hydrogen-bond acceptors (Lipinski definition) is 14. The van der Waals surface area contributed by atoms with Crippen molar-refractivity contribution in [3.8, 4) is 45.6 Å². The Morgan fingerprint density at radius 1 is 0.250 bits per heavy atom. The van der Waals surface area contributed by atoms with E-state index in [0.717, 1.165) is 88.3 Å². The fraction of sp³-hybridized carbons (Fsp3) is 0.333. The average molecular weight is 1040 g/mol. The summed E-state index contributed by atoms with van der Waals surface area (Å²) in [6.45, 7) is 16.7. The van der Waals surface area contributed by atoms with E-state index in [9.17, 15) is 0 Å². The summed E-state index contributed by atoms with van der Waals surface area (Å²) in [7, 11) is 0. The molecule has 24 heteroatoms. The van der Waals surface area contributed by atoms with Crippen molar-refractivity contribution in [1.29, 1.82) is 0 Å². The van der Waals surface area contributed by atoms with Gasteiger partial charge in [0.1, 0.15) is 22.6 Å². The van der Waals surface area contributed by atoms with E-state index in [-0.39, 0.29) is 151 Å². The van der Waals surface area contributed by atoms with E-state index in [4.69, 9.17) is 131 Å². The normalized spacial score (nSPS) is 10.8. The number of aromatic nitrogens is 8. The first kappa shape index (κ1) is 70.8. The maximum absolute atomic E-state index is 6.14. The Labute approximate surface area is 564 Å². The molecule has 2 aliphatic heterocycles. The largest absolute Gasteiger partial charge is 1.00 e. The van der Waals surface area contributed by atoms with Gasteiger partial charge in [-0.1, -0.05) is 99.9 Å². The number of hydrogen-bond donors (Lipinski definition) is 2. The fourth-order valence-electron chi connectivity index (χ4n) is 9.92. The van der Waals surface area contributed by atoms with Gasteiger partial charge >= 0.3 is 151 Å². The molecule has 0 fully saturated rings. The third-order valence-corrected chi connectivity index (χ3v) is 17.0. The molecule has 0 aliphatic carbocycles. The summed E-state index contributed by atoms with van der Waals surface area (Å²) in [6, 6.07) is 0. The molecule has 0 saturated heterocycles. The van der Waals surface area contributed by atoms with E-state index in [0.29, 0.717) is 136 Å². The standard InChI is InChI=1S/C48H50N8S8.8Li/c1-9-17-25-26(18(10-2)34(58)33(17)57)42-49-41(25)53-43-27-19(11-3)35(59)36(60)20(12-4)28(27)45(50-43)55-47-31-23(15-7)39(63)40(64)24(16-8)32(31)48(52-47)56-46-30-22(14-6)38(62)37(61)21(13-5)29(30)44(51-46)54-42;;;;;;;;/h57-64H,9-16H2,1-8H3,(H2,49,50,51,52,53,54,55,56);;;;;;;;/q;8*+1/p-8. The maximum Gasteiger partial charge on any atom is 1.00 e. The minimum atomic E-state index is 0. The summed E-state index contributed by atoms with van der Waals surface area (Å²) >= 11 is 49.0. The maximum atomic E-state index is 6.14. The first-order chi connectivity index (χ1) is 30.7. The van der Waals surface area contributed by atoms with Crippen molar-refractivity contribution < 1.29 is 151 Å². The molecule has 0 saturated carbocycles. The van der Waals surface area contributed by atoms with Crippen LogP contribution in [0.3, 0.4) is 0 Å². The molecular weight excluding hydrogens is 1000 g/mol. The van der Waals surface area contributed by atoms with Crippen LogP contribution in [0.25, 0.3) is 89.7 Å². The SMILES string of the molecule is CCc1c([S-])c([S-])c(CC)c2c1-c1nc3nc(nc4[nH]c(nc5[nH]c(nc-2n1)c1c(CC)c([S-])c([S-])c(CC)c51)c1c(CC)c([S-])c([S-])c(CC)c41)-c1c(CC)c([S-])c([S-])c(CC)c1-3.[Li+].[Li+].[Li+].[Li+].[Li+].[Li+].[Li+].[Li+]. The van der Waals surface area contributed by atoms with E-state index in [1.807, 2.05) is 0 Å². The number of benzene rings is 4. The van der Waals surface area contributed by atoms with Gasteiger partial charge in [0.25, 0.3) is 0 Å². The fourth-order valence-corrected chi connectivity index (χ4v) is 12.9. The number of nitrogens with zero attached hydrogens (tertiary/aromatic N) is 6. The van der Waals surface area contributed by atoms with Gasteiger partial charge < -0.3 is 111 Å². The van der Waals surface area contributed by atoms with E-state index >= 15 is 0 Å². The van der Waals surface area contributed by atoms with Crippen LogP contribution in [-0.2, 0) is 152 Å². The van der Waals surface area contributed by atoms with Crippen molar-refractivity contribution in [3.63, 3.8) is 0 Å². The molecule has 7 aromatic rings. The summed E-state index contributed by atoms with van der Waals surface area (Å²) in [5.41, 5.74) is 12.8. The zero-order valence-electron chi connectivity index (χ0n) is 44.6. The first-order valence-electron chi connectivity index (χ1n) is 21.8. The molecule has 0 radical (unpaired) electrons. The van der Waals surface area contributed by atoms with Crippen LogP contribution in [0, 0.1) is 0 Å². The molecule has 8 bridgehead atoms. The molecule has 8 nitrogen and oxygen atoms in total. The van der Waals surface area contributed by atoms with Crippen LogP contribution in [0.1, 0.15) is 99.9 Å². The average Bonchev–Trinajstić information content (AvgIpc) is 4.02. The van der Waals surface area contributed by atoms with Gasteiger partial charge in [-0.15, -0.1) is 0 Å². The predicted molar refractivity (Wildman–Crippen MR) is 276 cm³/mol. The van der Waals surface area contributed by atoms with Crippen LogP contribution in [0.5, 0.6) is 0 Å². The molecule has 0 spiro atoms. The molecule has 5 heterocycles. The molecule has 0 unspecified atom stereocenters. The molecule has 72 heavy (non-hydrogen) atoms. The number of nitrogens with one attached hydrogen (secondary N) is 2. The molecule has 330 valence electrons. The van der Waals surface area contributed by atoms with E-state index in [1.165, 1.54) is 0 Å². The van der Waals surface area contributed by atoms with Gasteiger partial charge in [0.05, 0.1) is 0 Å². The van der Waals surface area contributed by atoms with Gasteiger partial charge in [0.2, 0.25) is 0 Å². The Morgan fingerprint density at radius 2 is 0.417 bits per heavy atom. The summed E-state index contributed by atoms with van der Waals surface area (Å²) in [6.07, 6.45) is 4.93. The van der Waals surface area contributed by atoms with E-state index < -0.39 is 0 Å². The van der Waals surface area contributed by atoms with Gasteiger partial charge in [0, 0.05) is 43.8 Å². The monoisotopic (exact) mass is 1040 g/mol. The van der Waals surface area contributed by atoms with Crippen molar-refractivity contribution >= 4 is 145 Å².